The van der Waals surface area contributed by atoms with Gasteiger partial charge in [-0.3, -0.25) is 4.79 Å². The molecule has 35 heavy (non-hydrogen) atoms. The topological polar surface area (TPSA) is 35.6 Å². The molecular formula is C21H19ClF9N3O. The van der Waals surface area contributed by atoms with Crippen molar-refractivity contribution in [2.45, 2.75) is 24.9 Å². The second kappa shape index (κ2) is 10.5. The van der Waals surface area contributed by atoms with Crippen LogP contribution in [0.3, 0.4) is 0 Å². The summed E-state index contributed by atoms with van der Waals surface area (Å²) < 4.78 is 121. The van der Waals surface area contributed by atoms with E-state index in [9.17, 15) is 44.3 Å². The number of carbonyl (C=O) groups excluding carboxylic acids is 1. The number of rotatable bonds is 4. The number of piperazine rings is 1. The van der Waals surface area contributed by atoms with Crippen LogP contribution in [-0.2, 0) is 23.7 Å². The lowest BCUT2D eigenvalue weighted by atomic mass is 10.0. The van der Waals surface area contributed by atoms with Crippen molar-refractivity contribution in [2.24, 2.45) is 0 Å². The van der Waals surface area contributed by atoms with Crippen molar-refractivity contribution in [3.8, 4) is 0 Å². The lowest BCUT2D eigenvalue weighted by molar-refractivity contribution is -0.143. The fourth-order valence-electron chi connectivity index (χ4n) is 3.72. The minimum Gasteiger partial charge on any atom is -0.352 e. The number of amides is 1. The van der Waals surface area contributed by atoms with Crippen LogP contribution in [0.2, 0.25) is 0 Å². The number of alkyl halides is 6. The molecule has 0 bridgehead atoms. The van der Waals surface area contributed by atoms with E-state index in [2.05, 4.69) is 5.32 Å². The summed E-state index contributed by atoms with van der Waals surface area (Å²) >= 11 is 0. The summed E-state index contributed by atoms with van der Waals surface area (Å²) in [7, 11) is 1.14. The molecule has 1 fully saturated rings. The molecule has 1 aliphatic rings. The van der Waals surface area contributed by atoms with Crippen LogP contribution >= 0.6 is 12.4 Å². The van der Waals surface area contributed by atoms with Gasteiger partial charge in [-0.15, -0.1) is 12.4 Å². The van der Waals surface area contributed by atoms with E-state index in [1.54, 1.807) is 0 Å². The zero-order valence-electron chi connectivity index (χ0n) is 17.9. The number of hydrogen-bond acceptors (Lipinski definition) is 3. The second-order valence-corrected chi connectivity index (χ2v) is 7.74. The van der Waals surface area contributed by atoms with Crippen LogP contribution in [0.4, 0.5) is 45.2 Å². The van der Waals surface area contributed by atoms with Gasteiger partial charge in [-0.25, -0.2) is 13.2 Å². The Labute approximate surface area is 200 Å². The van der Waals surface area contributed by atoms with Crippen LogP contribution in [-0.4, -0.2) is 43.5 Å². The van der Waals surface area contributed by atoms with Gasteiger partial charge in [0.1, 0.15) is 17.5 Å². The van der Waals surface area contributed by atoms with Crippen molar-refractivity contribution >= 4 is 24.0 Å². The highest BCUT2D eigenvalue weighted by molar-refractivity contribution is 5.86. The maximum absolute atomic E-state index is 14.3. The quantitative estimate of drug-likeness (QED) is 0.560. The summed E-state index contributed by atoms with van der Waals surface area (Å²) in [5.41, 5.74) is -4.16. The van der Waals surface area contributed by atoms with Crippen LogP contribution in [0.15, 0.2) is 30.3 Å². The Bertz CT molecular complexity index is 1020. The molecule has 1 saturated heterocycles. The Morgan fingerprint density at radius 1 is 0.971 bits per heavy atom. The summed E-state index contributed by atoms with van der Waals surface area (Å²) in [6.45, 7) is -0.599. The van der Waals surface area contributed by atoms with E-state index in [-0.39, 0.29) is 38.1 Å². The van der Waals surface area contributed by atoms with Crippen LogP contribution < -0.4 is 10.2 Å². The molecule has 0 saturated carbocycles. The van der Waals surface area contributed by atoms with Gasteiger partial charge in [0, 0.05) is 45.4 Å². The van der Waals surface area contributed by atoms with Crippen molar-refractivity contribution in [1.82, 2.24) is 10.2 Å². The molecule has 1 unspecified atom stereocenters. The third kappa shape index (κ3) is 6.51. The summed E-state index contributed by atoms with van der Waals surface area (Å²) in [6, 6.07) is 0.587. The second-order valence-electron chi connectivity index (χ2n) is 7.74. The Hall–Kier alpha value is -2.67. The van der Waals surface area contributed by atoms with Gasteiger partial charge in [-0.05, 0) is 23.8 Å². The average Bonchev–Trinajstić information content (AvgIpc) is 2.71. The van der Waals surface area contributed by atoms with Crippen LogP contribution in [0.5, 0.6) is 0 Å². The normalized spacial score (nSPS) is 16.6. The minimum absolute atomic E-state index is 0. The molecule has 2 aromatic rings. The molecule has 194 valence electrons. The molecule has 4 nitrogen and oxygen atoms in total. The fourth-order valence-corrected chi connectivity index (χ4v) is 3.72. The standard InChI is InChI=1S/C21H18F9N3O.ClH/c1-32(10-11-4-12(20(25,26)27)6-13(5-11)21(28,29)30)19(34)17-9-31-2-3-33(17)18-15(23)7-14(22)8-16(18)24;/h4-8,17,31H,2-3,9-10H2,1H3;1H. The predicted octanol–water partition coefficient (Wildman–Crippen LogP) is 5.00. The molecule has 0 spiro atoms. The first-order chi connectivity index (χ1) is 15.7. The first kappa shape index (κ1) is 28.6. The van der Waals surface area contributed by atoms with Gasteiger partial charge in [0.25, 0.3) is 0 Å². The average molecular weight is 536 g/mol. The lowest BCUT2D eigenvalue weighted by Crippen LogP contribution is -2.58. The number of carbonyl (C=O) groups is 1. The van der Waals surface area contributed by atoms with E-state index in [4.69, 9.17) is 0 Å². The molecule has 1 N–H and O–H groups in total. The minimum atomic E-state index is -5.06. The van der Waals surface area contributed by atoms with E-state index >= 15 is 0 Å². The summed E-state index contributed by atoms with van der Waals surface area (Å²) in [5.74, 6) is -4.50. The van der Waals surface area contributed by atoms with E-state index in [0.717, 1.165) is 16.8 Å². The molecule has 0 aliphatic carbocycles. The Morgan fingerprint density at radius 2 is 1.49 bits per heavy atom. The number of hydrogen-bond donors (Lipinski definition) is 1. The maximum atomic E-state index is 14.3. The summed E-state index contributed by atoms with van der Waals surface area (Å²) in [6.07, 6.45) is -10.1. The summed E-state index contributed by atoms with van der Waals surface area (Å²) in [4.78, 5) is 14.9. The zero-order chi connectivity index (χ0) is 25.4. The van der Waals surface area contributed by atoms with Crippen molar-refractivity contribution in [1.29, 1.82) is 0 Å². The van der Waals surface area contributed by atoms with Gasteiger partial charge in [-0.2, -0.15) is 26.3 Å². The van der Waals surface area contributed by atoms with Crippen molar-refractivity contribution in [3.05, 3.63) is 64.5 Å². The number of anilines is 1. The van der Waals surface area contributed by atoms with Crippen LogP contribution in [0.25, 0.3) is 0 Å². The largest absolute Gasteiger partial charge is 0.416 e. The fraction of sp³-hybridized carbons (Fsp3) is 0.381. The lowest BCUT2D eigenvalue weighted by Gasteiger charge is -2.39. The number of likely N-dealkylation sites (N-methyl/N-ethyl adjacent to an activating group) is 1. The highest BCUT2D eigenvalue weighted by Gasteiger charge is 2.38. The Morgan fingerprint density at radius 3 is 1.97 bits per heavy atom. The summed E-state index contributed by atoms with van der Waals surface area (Å²) in [5, 5.41) is 2.84. The van der Waals surface area contributed by atoms with Crippen LogP contribution in [0.1, 0.15) is 16.7 Å². The van der Waals surface area contributed by atoms with Crippen LogP contribution in [0, 0.1) is 17.5 Å². The van der Waals surface area contributed by atoms with Gasteiger partial charge in [0.05, 0.1) is 11.1 Å². The zero-order valence-corrected chi connectivity index (χ0v) is 18.7. The van der Waals surface area contributed by atoms with Crippen molar-refractivity contribution in [3.63, 3.8) is 0 Å². The molecule has 1 heterocycles. The number of halogens is 10. The van der Waals surface area contributed by atoms with E-state index in [1.807, 2.05) is 0 Å². The maximum Gasteiger partial charge on any atom is 0.416 e. The monoisotopic (exact) mass is 535 g/mol. The first-order valence-corrected chi connectivity index (χ1v) is 9.83. The molecule has 2 aromatic carbocycles. The smallest absolute Gasteiger partial charge is 0.352 e. The number of benzene rings is 2. The van der Waals surface area contributed by atoms with Gasteiger partial charge in [0.2, 0.25) is 5.91 Å². The van der Waals surface area contributed by atoms with Crippen molar-refractivity contribution < 1.29 is 44.3 Å². The third-order valence-electron chi connectivity index (χ3n) is 5.24. The molecule has 0 radical (unpaired) electrons. The predicted molar refractivity (Wildman–Crippen MR) is 110 cm³/mol. The molecule has 1 amide bonds. The third-order valence-corrected chi connectivity index (χ3v) is 5.24. The molecule has 1 atom stereocenters. The number of nitrogens with zero attached hydrogens (tertiary/aromatic N) is 2. The number of nitrogens with one attached hydrogen (secondary N) is 1. The van der Waals surface area contributed by atoms with E-state index in [0.29, 0.717) is 24.3 Å². The SMILES string of the molecule is CN(Cc1cc(C(F)(F)F)cc(C(F)(F)F)c1)C(=O)C1CNCCN1c1c(F)cc(F)cc1F.Cl. The molecule has 3 rings (SSSR count). The van der Waals surface area contributed by atoms with Crippen molar-refractivity contribution in [2.75, 3.05) is 31.6 Å². The molecule has 1 aliphatic heterocycles. The van der Waals surface area contributed by atoms with Gasteiger partial charge in [0.15, 0.2) is 11.6 Å². The Balaban J connectivity index is 0.00000432. The Kier molecular flexibility index (Phi) is 8.59. The van der Waals surface area contributed by atoms with Gasteiger partial charge in [-0.1, -0.05) is 0 Å². The highest BCUT2D eigenvalue weighted by atomic mass is 35.5. The van der Waals surface area contributed by atoms with E-state index in [1.165, 1.54) is 0 Å². The molecular weight excluding hydrogens is 517 g/mol. The first-order valence-electron chi connectivity index (χ1n) is 9.83. The molecule has 0 aromatic heterocycles. The highest BCUT2D eigenvalue weighted by Crippen LogP contribution is 2.36. The molecule has 14 heteroatoms. The van der Waals surface area contributed by atoms with E-state index < -0.39 is 70.7 Å². The van der Waals surface area contributed by atoms with Gasteiger partial charge >= 0.3 is 12.4 Å². The van der Waals surface area contributed by atoms with Gasteiger partial charge < -0.3 is 15.1 Å².